The Hall–Kier alpha value is -3.58. The highest BCUT2D eigenvalue weighted by molar-refractivity contribution is 7.55. The average molecular weight is 577 g/mol. The van der Waals surface area contributed by atoms with Gasteiger partial charge >= 0.3 is 13.7 Å². The number of rotatable bonds is 9. The first kappa shape index (κ1) is 29.4. The van der Waals surface area contributed by atoms with Gasteiger partial charge < -0.3 is 38.9 Å². The lowest BCUT2D eigenvalue weighted by Crippen LogP contribution is -2.55. The first-order valence-corrected chi connectivity index (χ1v) is 14.3. The zero-order chi connectivity index (χ0) is 28.9. The molecule has 0 bridgehead atoms. The lowest BCUT2D eigenvalue weighted by molar-refractivity contribution is -0.133. The maximum Gasteiger partial charge on any atom is 0.407 e. The van der Waals surface area contributed by atoms with E-state index in [0.29, 0.717) is 30.3 Å². The van der Waals surface area contributed by atoms with Gasteiger partial charge in [0.25, 0.3) is 11.8 Å². The molecule has 15 heteroatoms. The second-order valence-corrected chi connectivity index (χ2v) is 11.6. The third-order valence-corrected chi connectivity index (χ3v) is 8.97. The second-order valence-electron chi connectivity index (χ2n) is 9.27. The number of carbonyl (C=O) groups is 3. The van der Waals surface area contributed by atoms with Crippen LogP contribution in [-0.4, -0.2) is 115 Å². The molecule has 2 aliphatic rings. The summed E-state index contributed by atoms with van der Waals surface area (Å²) in [7, 11) is -0.277. The number of hydrogen-bond donors (Lipinski definition) is 2. The second kappa shape index (κ2) is 12.7. The number of piperazine rings is 1. The summed E-state index contributed by atoms with van der Waals surface area (Å²) in [5.74, 6) is -2.37. The summed E-state index contributed by atoms with van der Waals surface area (Å²) < 4.78 is 29.1. The molecule has 2 aliphatic heterocycles. The number of ether oxygens (including phenoxy) is 1. The van der Waals surface area contributed by atoms with E-state index in [4.69, 9.17) is 13.8 Å². The standard InChI is InChI=1S/C25H33N6O8P/c1-37-18-9-10-31(16-18)20-15-19(26-21(27-20)17-7-5-4-6-8-17)22(32)28-23(40(36,38-2)39-3)24(33)29-11-13-30(14-12-29)25(34)35/h4-8,15,18,23H,9-14,16H2,1-3H3,(H,28,32)(H,34,35)/t18-,23?/m0/s1. The van der Waals surface area contributed by atoms with Crippen LogP contribution in [0.5, 0.6) is 0 Å². The molecule has 0 radical (unpaired) electrons. The van der Waals surface area contributed by atoms with Crippen molar-refractivity contribution in [3.63, 3.8) is 0 Å². The van der Waals surface area contributed by atoms with Crippen LogP contribution in [0.4, 0.5) is 10.6 Å². The quantitative estimate of drug-likeness (QED) is 0.418. The van der Waals surface area contributed by atoms with Crippen LogP contribution in [0, 0.1) is 0 Å². The zero-order valence-corrected chi connectivity index (χ0v) is 23.5. The van der Waals surface area contributed by atoms with Gasteiger partial charge in [-0.1, -0.05) is 30.3 Å². The van der Waals surface area contributed by atoms with Crippen LogP contribution < -0.4 is 10.2 Å². The first-order chi connectivity index (χ1) is 19.2. The van der Waals surface area contributed by atoms with Crippen molar-refractivity contribution in [1.29, 1.82) is 0 Å². The van der Waals surface area contributed by atoms with Crippen LogP contribution in [0.25, 0.3) is 11.4 Å². The number of carboxylic acid groups (broad SMARTS) is 1. The largest absolute Gasteiger partial charge is 0.465 e. The molecule has 14 nitrogen and oxygen atoms in total. The fourth-order valence-corrected chi connectivity index (χ4v) is 5.89. The Kier molecular flexibility index (Phi) is 9.36. The van der Waals surface area contributed by atoms with Crippen LogP contribution in [-0.2, 0) is 23.1 Å². The minimum absolute atomic E-state index is 0.0188. The van der Waals surface area contributed by atoms with Crippen molar-refractivity contribution in [2.45, 2.75) is 18.3 Å². The molecule has 2 atom stereocenters. The van der Waals surface area contributed by atoms with Crippen LogP contribution in [0.1, 0.15) is 16.9 Å². The number of nitrogens with one attached hydrogen (secondary N) is 1. The number of carbonyl (C=O) groups excluding carboxylic acids is 2. The Morgan fingerprint density at radius 1 is 1.00 bits per heavy atom. The Bertz CT molecular complexity index is 1270. The molecule has 1 aromatic heterocycles. The number of anilines is 1. The minimum Gasteiger partial charge on any atom is -0.465 e. The maximum absolute atomic E-state index is 13.6. The van der Waals surface area contributed by atoms with Crippen molar-refractivity contribution >= 4 is 31.3 Å². The van der Waals surface area contributed by atoms with Crippen LogP contribution in [0.3, 0.4) is 0 Å². The van der Waals surface area contributed by atoms with Crippen molar-refractivity contribution < 1.29 is 37.8 Å². The molecule has 3 heterocycles. The monoisotopic (exact) mass is 576 g/mol. The maximum atomic E-state index is 13.6. The van der Waals surface area contributed by atoms with E-state index < -0.39 is 31.3 Å². The summed E-state index contributed by atoms with van der Waals surface area (Å²) in [5.41, 5.74) is 0.640. The summed E-state index contributed by atoms with van der Waals surface area (Å²) in [6.45, 7) is 1.48. The summed E-state index contributed by atoms with van der Waals surface area (Å²) in [6.07, 6.45) is -0.287. The lowest BCUT2D eigenvalue weighted by Gasteiger charge is -2.36. The smallest absolute Gasteiger partial charge is 0.407 e. The molecule has 1 unspecified atom stereocenters. The molecule has 2 fully saturated rings. The number of aromatic nitrogens is 2. The number of hydrogen-bond acceptors (Lipinski definition) is 10. The van der Waals surface area contributed by atoms with Gasteiger partial charge in [0.2, 0.25) is 5.78 Å². The molecule has 2 aromatic rings. The Balaban J connectivity index is 1.65. The van der Waals surface area contributed by atoms with Crippen LogP contribution >= 0.6 is 7.60 Å². The molecule has 0 spiro atoms. The fourth-order valence-electron chi connectivity index (χ4n) is 4.61. The van der Waals surface area contributed by atoms with Gasteiger partial charge in [-0.25, -0.2) is 14.8 Å². The molecular formula is C25H33N6O8P. The average Bonchev–Trinajstić information content (AvgIpc) is 3.49. The number of methoxy groups -OCH3 is 1. The van der Waals surface area contributed by atoms with E-state index in [1.54, 1.807) is 7.11 Å². The van der Waals surface area contributed by atoms with Gasteiger partial charge in [-0.2, -0.15) is 0 Å². The molecule has 0 aliphatic carbocycles. The Morgan fingerprint density at radius 2 is 1.65 bits per heavy atom. The van der Waals surface area contributed by atoms with E-state index in [2.05, 4.69) is 15.3 Å². The van der Waals surface area contributed by atoms with E-state index in [-0.39, 0.29) is 38.0 Å². The van der Waals surface area contributed by atoms with Crippen LogP contribution in [0.2, 0.25) is 0 Å². The number of nitrogens with zero attached hydrogens (tertiary/aromatic N) is 5. The van der Waals surface area contributed by atoms with Gasteiger partial charge in [0.15, 0.2) is 5.82 Å². The Morgan fingerprint density at radius 3 is 2.23 bits per heavy atom. The molecule has 40 heavy (non-hydrogen) atoms. The van der Waals surface area contributed by atoms with Gasteiger partial charge in [-0.15, -0.1) is 0 Å². The lowest BCUT2D eigenvalue weighted by atomic mass is 10.2. The van der Waals surface area contributed by atoms with E-state index in [1.807, 2.05) is 35.2 Å². The van der Waals surface area contributed by atoms with Gasteiger partial charge in [-0.05, 0) is 6.42 Å². The highest BCUT2D eigenvalue weighted by atomic mass is 31.2. The van der Waals surface area contributed by atoms with E-state index >= 15 is 0 Å². The molecule has 216 valence electrons. The van der Waals surface area contributed by atoms with Crippen molar-refractivity contribution in [3.8, 4) is 11.4 Å². The summed E-state index contributed by atoms with van der Waals surface area (Å²) in [4.78, 5) is 52.0. The molecule has 2 N–H and O–H groups in total. The SMILES string of the molecule is CO[C@H]1CCN(c2cc(C(=O)NC(C(=O)N3CCN(C(=O)O)CC3)P(=O)(OC)OC)nc(-c3ccccc3)n2)C1. The van der Waals surface area contributed by atoms with Gasteiger partial charge in [0.05, 0.1) is 6.10 Å². The fraction of sp³-hybridized carbons (Fsp3) is 0.480. The van der Waals surface area contributed by atoms with E-state index in [1.165, 1.54) is 15.9 Å². The van der Waals surface area contributed by atoms with Crippen molar-refractivity contribution in [2.24, 2.45) is 0 Å². The van der Waals surface area contributed by atoms with Gasteiger partial charge in [-0.3, -0.25) is 14.2 Å². The van der Waals surface area contributed by atoms with Gasteiger partial charge in [0, 0.05) is 72.2 Å². The minimum atomic E-state index is -4.16. The molecule has 4 rings (SSSR count). The van der Waals surface area contributed by atoms with E-state index in [9.17, 15) is 24.1 Å². The molecular weight excluding hydrogens is 543 g/mol. The summed E-state index contributed by atoms with van der Waals surface area (Å²) >= 11 is 0. The van der Waals surface area contributed by atoms with Crippen LogP contribution in [0.15, 0.2) is 36.4 Å². The van der Waals surface area contributed by atoms with Crippen molar-refractivity contribution in [1.82, 2.24) is 25.1 Å². The molecule has 2 saturated heterocycles. The molecule has 1 aromatic carbocycles. The number of amides is 3. The third-order valence-electron chi connectivity index (χ3n) is 6.97. The predicted molar refractivity (Wildman–Crippen MR) is 144 cm³/mol. The molecule has 3 amide bonds. The number of benzene rings is 1. The highest BCUT2D eigenvalue weighted by Gasteiger charge is 2.44. The normalized spacial score (nSPS) is 18.5. The highest BCUT2D eigenvalue weighted by Crippen LogP contribution is 2.51. The summed E-state index contributed by atoms with van der Waals surface area (Å²) in [6, 6.07) is 10.6. The van der Waals surface area contributed by atoms with Gasteiger partial charge in [0.1, 0.15) is 11.5 Å². The van der Waals surface area contributed by atoms with Crippen molar-refractivity contribution in [2.75, 3.05) is 65.5 Å². The molecule has 0 saturated carbocycles. The predicted octanol–water partition coefficient (Wildman–Crippen LogP) is 1.73. The summed E-state index contributed by atoms with van der Waals surface area (Å²) in [5, 5.41) is 11.7. The zero-order valence-electron chi connectivity index (χ0n) is 22.6. The first-order valence-electron chi connectivity index (χ1n) is 12.7. The van der Waals surface area contributed by atoms with E-state index in [0.717, 1.165) is 20.6 Å². The topological polar surface area (TPSA) is 164 Å². The third kappa shape index (κ3) is 6.41. The van der Waals surface area contributed by atoms with Crippen molar-refractivity contribution in [3.05, 3.63) is 42.1 Å². The Labute approximate surface area is 231 Å².